The number of ketones is 2. The molecule has 0 atom stereocenters. The molecular formula is C22H34Cl2N8O2. The number of carbonyl (C=O) groups is 2. The van der Waals surface area contributed by atoms with E-state index in [0.717, 1.165) is 0 Å². The van der Waals surface area contributed by atoms with Crippen LogP contribution in [0.15, 0.2) is 24.3 Å². The Labute approximate surface area is 211 Å². The molecule has 0 spiro atoms. The lowest BCUT2D eigenvalue weighted by Crippen LogP contribution is -2.29. The van der Waals surface area contributed by atoms with Crippen molar-refractivity contribution in [1.29, 1.82) is 0 Å². The fourth-order valence-corrected chi connectivity index (χ4v) is 3.82. The molecule has 1 aliphatic carbocycles. The van der Waals surface area contributed by atoms with Crippen LogP contribution in [0.5, 0.6) is 0 Å². The van der Waals surface area contributed by atoms with Crippen LogP contribution in [-0.2, 0) is 0 Å². The van der Waals surface area contributed by atoms with Gasteiger partial charge in [-0.3, -0.25) is 9.59 Å². The summed E-state index contributed by atoms with van der Waals surface area (Å²) >= 11 is 0. The number of fused-ring (bicyclic) bond motifs is 2. The molecular weight excluding hydrogens is 479 g/mol. The quantitative estimate of drug-likeness (QED) is 0.172. The molecule has 0 saturated carbocycles. The second kappa shape index (κ2) is 14.0. The van der Waals surface area contributed by atoms with Gasteiger partial charge >= 0.3 is 0 Å². The van der Waals surface area contributed by atoms with Crippen LogP contribution >= 0.6 is 24.8 Å². The van der Waals surface area contributed by atoms with Crippen molar-refractivity contribution < 1.29 is 9.59 Å². The first-order valence-corrected chi connectivity index (χ1v) is 10.8. The fraction of sp³-hybridized carbons (Fsp3) is 0.364. The Hall–Kier alpha value is -2.60. The topological polar surface area (TPSA) is 186 Å². The molecule has 0 saturated heterocycles. The number of carbonyl (C=O) groups excluding carboxylic acids is 2. The van der Waals surface area contributed by atoms with Gasteiger partial charge in [-0.15, -0.1) is 24.8 Å². The Morgan fingerprint density at radius 2 is 0.676 bits per heavy atom. The maximum absolute atomic E-state index is 13.9. The Kier molecular flexibility index (Phi) is 12.1. The molecule has 12 N–H and O–H groups in total. The smallest absolute Gasteiger partial charge is 0.198 e. The molecule has 10 nitrogen and oxygen atoms in total. The number of hydrogen-bond donors (Lipinski definition) is 8. The lowest BCUT2D eigenvalue weighted by molar-refractivity contribution is 0.0981. The van der Waals surface area contributed by atoms with E-state index in [4.69, 9.17) is 22.9 Å². The van der Waals surface area contributed by atoms with Gasteiger partial charge in [0.15, 0.2) is 11.6 Å². The Morgan fingerprint density at radius 3 is 0.853 bits per heavy atom. The van der Waals surface area contributed by atoms with Gasteiger partial charge in [0, 0.05) is 75.1 Å². The van der Waals surface area contributed by atoms with Crippen LogP contribution in [0.1, 0.15) is 31.8 Å². The van der Waals surface area contributed by atoms with Crippen LogP contribution in [-0.4, -0.2) is 63.9 Å². The van der Waals surface area contributed by atoms with Crippen molar-refractivity contribution in [2.75, 3.05) is 73.6 Å². The standard InChI is InChI=1S/C22H32N8O2.2ClH/c23-5-9-27-13-1-2-14(28-10-6-24)18-17(13)21(31)19-15(29-11-7-25)3-4-16(30-12-8-26)20(19)22(18)32;;/h1-4,27-30H,5-12,23-26H2;2*1H. The summed E-state index contributed by atoms with van der Waals surface area (Å²) in [6.45, 7) is 3.40. The zero-order valence-electron chi connectivity index (χ0n) is 18.9. The molecule has 0 radical (unpaired) electrons. The summed E-state index contributed by atoms with van der Waals surface area (Å²) in [5.74, 6) is -0.497. The molecule has 0 bridgehead atoms. The molecule has 188 valence electrons. The summed E-state index contributed by atoms with van der Waals surface area (Å²) in [5, 5.41) is 12.7. The van der Waals surface area contributed by atoms with Crippen molar-refractivity contribution in [1.82, 2.24) is 0 Å². The van der Waals surface area contributed by atoms with Gasteiger partial charge in [-0.05, 0) is 24.3 Å². The summed E-state index contributed by atoms with van der Waals surface area (Å²) in [7, 11) is 0. The molecule has 0 fully saturated rings. The summed E-state index contributed by atoms with van der Waals surface area (Å²) in [4.78, 5) is 27.7. The monoisotopic (exact) mass is 512 g/mol. The van der Waals surface area contributed by atoms with E-state index in [9.17, 15) is 9.59 Å². The van der Waals surface area contributed by atoms with Gasteiger partial charge in [0.25, 0.3) is 0 Å². The van der Waals surface area contributed by atoms with Crippen molar-refractivity contribution in [2.45, 2.75) is 0 Å². The largest absolute Gasteiger partial charge is 0.383 e. The number of halogens is 2. The van der Waals surface area contributed by atoms with E-state index in [1.165, 1.54) is 0 Å². The Balaban J connectivity index is 0.00000289. The summed E-state index contributed by atoms with van der Waals surface area (Å²) in [5.41, 5.74) is 26.2. The second-order valence-corrected chi connectivity index (χ2v) is 7.34. The van der Waals surface area contributed by atoms with E-state index in [1.807, 2.05) is 0 Å². The summed E-state index contributed by atoms with van der Waals surface area (Å²) < 4.78 is 0. The molecule has 12 heteroatoms. The highest BCUT2D eigenvalue weighted by Gasteiger charge is 2.37. The molecule has 0 aliphatic heterocycles. The van der Waals surface area contributed by atoms with Gasteiger partial charge < -0.3 is 44.2 Å². The van der Waals surface area contributed by atoms with Crippen LogP contribution in [0.25, 0.3) is 0 Å². The predicted octanol–water partition coefficient (Wildman–Crippen LogP) is 0.788. The third-order valence-corrected chi connectivity index (χ3v) is 5.16. The van der Waals surface area contributed by atoms with Crippen LogP contribution in [0, 0.1) is 0 Å². The van der Waals surface area contributed by atoms with Gasteiger partial charge in [0.05, 0.1) is 22.3 Å². The number of nitrogens with one attached hydrogen (secondary N) is 4. The molecule has 2 aromatic rings. The first kappa shape index (κ1) is 29.4. The van der Waals surface area contributed by atoms with Gasteiger partial charge in [-0.1, -0.05) is 0 Å². The number of hydrogen-bond acceptors (Lipinski definition) is 10. The maximum Gasteiger partial charge on any atom is 0.198 e. The molecule has 0 unspecified atom stereocenters. The van der Waals surface area contributed by atoms with Crippen LogP contribution in [0.3, 0.4) is 0 Å². The number of anilines is 4. The van der Waals surface area contributed by atoms with E-state index in [0.29, 0.717) is 97.4 Å². The van der Waals surface area contributed by atoms with E-state index < -0.39 is 0 Å². The van der Waals surface area contributed by atoms with Gasteiger partial charge in [-0.2, -0.15) is 0 Å². The Morgan fingerprint density at radius 1 is 0.471 bits per heavy atom. The maximum atomic E-state index is 13.9. The zero-order chi connectivity index (χ0) is 23.1. The second-order valence-electron chi connectivity index (χ2n) is 7.34. The first-order chi connectivity index (χ1) is 15.6. The Bertz CT molecular complexity index is 850. The van der Waals surface area contributed by atoms with Crippen molar-refractivity contribution in [3.8, 4) is 0 Å². The average molecular weight is 513 g/mol. The highest BCUT2D eigenvalue weighted by molar-refractivity contribution is 6.35. The summed E-state index contributed by atoms with van der Waals surface area (Å²) in [6.07, 6.45) is 0. The van der Waals surface area contributed by atoms with Gasteiger partial charge in [0.2, 0.25) is 0 Å². The normalized spacial score (nSPS) is 11.5. The molecule has 1 aliphatic rings. The minimum absolute atomic E-state index is 0. The van der Waals surface area contributed by atoms with Crippen molar-refractivity contribution >= 4 is 59.1 Å². The van der Waals surface area contributed by atoms with E-state index >= 15 is 0 Å². The van der Waals surface area contributed by atoms with Gasteiger partial charge in [-0.25, -0.2) is 0 Å². The molecule has 0 heterocycles. The highest BCUT2D eigenvalue weighted by atomic mass is 35.5. The van der Waals surface area contributed by atoms with Crippen molar-refractivity contribution in [2.24, 2.45) is 22.9 Å². The summed E-state index contributed by atoms with van der Waals surface area (Å²) in [6, 6.07) is 7.14. The minimum Gasteiger partial charge on any atom is -0.383 e. The predicted molar refractivity (Wildman–Crippen MR) is 144 cm³/mol. The highest BCUT2D eigenvalue weighted by Crippen LogP contribution is 2.41. The average Bonchev–Trinajstić information content (AvgIpc) is 2.81. The fourth-order valence-electron chi connectivity index (χ4n) is 3.82. The number of nitrogens with two attached hydrogens (primary N) is 4. The van der Waals surface area contributed by atoms with Gasteiger partial charge in [0.1, 0.15) is 0 Å². The first-order valence-electron chi connectivity index (χ1n) is 10.8. The molecule has 3 rings (SSSR count). The van der Waals surface area contributed by atoms with E-state index in [1.54, 1.807) is 24.3 Å². The minimum atomic E-state index is -0.249. The number of benzene rings is 2. The third kappa shape index (κ3) is 5.90. The van der Waals surface area contributed by atoms with E-state index in [2.05, 4.69) is 21.3 Å². The van der Waals surface area contributed by atoms with Crippen molar-refractivity contribution in [3.63, 3.8) is 0 Å². The molecule has 0 aromatic heterocycles. The SMILES string of the molecule is Cl.Cl.NCCNc1ccc(NCCN)c2c1C(=O)c1c(NCCN)ccc(NCCN)c1C2=O. The number of rotatable bonds is 12. The molecule has 34 heavy (non-hydrogen) atoms. The van der Waals surface area contributed by atoms with Crippen molar-refractivity contribution in [3.05, 3.63) is 46.5 Å². The van der Waals surface area contributed by atoms with Crippen LogP contribution < -0.4 is 44.2 Å². The van der Waals surface area contributed by atoms with E-state index in [-0.39, 0.29) is 36.4 Å². The molecule has 0 amide bonds. The molecule has 2 aromatic carbocycles. The lowest BCUT2D eigenvalue weighted by Gasteiger charge is -2.27. The third-order valence-electron chi connectivity index (χ3n) is 5.16. The lowest BCUT2D eigenvalue weighted by atomic mass is 9.80. The van der Waals surface area contributed by atoms with Crippen LogP contribution in [0.2, 0.25) is 0 Å². The zero-order valence-corrected chi connectivity index (χ0v) is 20.5. The van der Waals surface area contributed by atoms with Crippen LogP contribution in [0.4, 0.5) is 22.7 Å².